The van der Waals surface area contributed by atoms with Gasteiger partial charge in [0.15, 0.2) is 11.6 Å². The second-order valence-electron chi connectivity index (χ2n) is 6.62. The largest absolute Gasteiger partial charge is 0.393 e. The summed E-state index contributed by atoms with van der Waals surface area (Å²) in [7, 11) is 3.99. The molecule has 1 aliphatic rings. The van der Waals surface area contributed by atoms with Crippen LogP contribution >= 0.6 is 0 Å². The molecule has 1 saturated heterocycles. The van der Waals surface area contributed by atoms with Crippen LogP contribution in [0.25, 0.3) is 0 Å². The van der Waals surface area contributed by atoms with E-state index in [4.69, 9.17) is 0 Å². The molecular weight excluding hydrogens is 264 g/mol. The Kier molecular flexibility index (Phi) is 5.39. The Labute approximate surface area is 128 Å². The quantitative estimate of drug-likeness (QED) is 0.901. The molecule has 0 aliphatic carbocycles. The highest BCUT2D eigenvalue weighted by Crippen LogP contribution is 2.30. The summed E-state index contributed by atoms with van der Waals surface area (Å²) in [6, 6.07) is 0. The number of aromatic nitrogens is 2. The number of anilines is 2. The topological polar surface area (TPSA) is 52.5 Å². The summed E-state index contributed by atoms with van der Waals surface area (Å²) >= 11 is 0. The zero-order valence-corrected chi connectivity index (χ0v) is 13.7. The SMILES string of the molecule is CC(C)C[C@@H](O)C1CCN(c2nccnc2N(C)C)CC1. The third kappa shape index (κ3) is 4.06. The van der Waals surface area contributed by atoms with E-state index in [2.05, 4.69) is 28.7 Å². The van der Waals surface area contributed by atoms with E-state index in [1.54, 1.807) is 12.4 Å². The maximum atomic E-state index is 10.3. The second kappa shape index (κ2) is 7.07. The fourth-order valence-corrected chi connectivity index (χ4v) is 3.03. The average molecular weight is 292 g/mol. The summed E-state index contributed by atoms with van der Waals surface area (Å²) in [4.78, 5) is 13.2. The first-order valence-corrected chi connectivity index (χ1v) is 7.90. The minimum Gasteiger partial charge on any atom is -0.393 e. The Morgan fingerprint density at radius 2 is 1.86 bits per heavy atom. The summed E-state index contributed by atoms with van der Waals surface area (Å²) in [6.07, 6.45) is 6.27. The summed E-state index contributed by atoms with van der Waals surface area (Å²) in [5.41, 5.74) is 0. The van der Waals surface area contributed by atoms with Crippen molar-refractivity contribution in [3.05, 3.63) is 12.4 Å². The van der Waals surface area contributed by atoms with Crippen LogP contribution in [-0.4, -0.2) is 48.4 Å². The van der Waals surface area contributed by atoms with Gasteiger partial charge in [-0.1, -0.05) is 13.8 Å². The number of rotatable bonds is 5. The van der Waals surface area contributed by atoms with Crippen LogP contribution in [-0.2, 0) is 0 Å². The zero-order chi connectivity index (χ0) is 15.4. The standard InChI is InChI=1S/C16H28N4O/c1-12(2)11-14(21)13-5-9-20(10-6-13)16-15(19(3)4)17-7-8-18-16/h7-8,12-14,21H,5-6,9-11H2,1-4H3/t14-/m1/s1. The van der Waals surface area contributed by atoms with Crippen molar-refractivity contribution in [2.45, 2.75) is 39.2 Å². The van der Waals surface area contributed by atoms with Crippen molar-refractivity contribution in [1.29, 1.82) is 0 Å². The molecule has 1 atom stereocenters. The van der Waals surface area contributed by atoms with E-state index in [-0.39, 0.29) is 6.10 Å². The summed E-state index contributed by atoms with van der Waals surface area (Å²) in [6.45, 7) is 6.22. The van der Waals surface area contributed by atoms with E-state index in [1.165, 1.54) is 0 Å². The predicted molar refractivity (Wildman–Crippen MR) is 86.8 cm³/mol. The van der Waals surface area contributed by atoms with Crippen molar-refractivity contribution < 1.29 is 5.11 Å². The molecule has 5 nitrogen and oxygen atoms in total. The molecule has 21 heavy (non-hydrogen) atoms. The Balaban J connectivity index is 1.98. The highest BCUT2D eigenvalue weighted by molar-refractivity contribution is 5.61. The summed E-state index contributed by atoms with van der Waals surface area (Å²) in [5.74, 6) is 2.85. The van der Waals surface area contributed by atoms with E-state index in [0.717, 1.165) is 44.0 Å². The van der Waals surface area contributed by atoms with Gasteiger partial charge in [-0.25, -0.2) is 9.97 Å². The predicted octanol–water partition coefficient (Wildman–Crippen LogP) is 2.17. The lowest BCUT2D eigenvalue weighted by molar-refractivity contribution is 0.0734. The van der Waals surface area contributed by atoms with Crippen LogP contribution < -0.4 is 9.80 Å². The average Bonchev–Trinajstić information content (AvgIpc) is 2.46. The molecule has 2 rings (SSSR count). The lowest BCUT2D eigenvalue weighted by Gasteiger charge is -2.36. The van der Waals surface area contributed by atoms with Crippen LogP contribution in [0.5, 0.6) is 0 Å². The first kappa shape index (κ1) is 16.0. The molecule has 0 bridgehead atoms. The van der Waals surface area contributed by atoms with Gasteiger partial charge >= 0.3 is 0 Å². The van der Waals surface area contributed by atoms with Crippen molar-refractivity contribution in [3.8, 4) is 0 Å². The van der Waals surface area contributed by atoms with Crippen molar-refractivity contribution in [2.24, 2.45) is 11.8 Å². The maximum absolute atomic E-state index is 10.3. The molecule has 1 aromatic rings. The molecule has 0 spiro atoms. The van der Waals surface area contributed by atoms with E-state index in [9.17, 15) is 5.11 Å². The Hall–Kier alpha value is -1.36. The molecule has 0 radical (unpaired) electrons. The number of hydrogen-bond donors (Lipinski definition) is 1. The number of aliphatic hydroxyl groups excluding tert-OH is 1. The van der Waals surface area contributed by atoms with Gasteiger partial charge in [0.05, 0.1) is 6.10 Å². The van der Waals surface area contributed by atoms with Crippen molar-refractivity contribution in [3.63, 3.8) is 0 Å². The van der Waals surface area contributed by atoms with Crippen LogP contribution in [0.15, 0.2) is 12.4 Å². The van der Waals surface area contributed by atoms with E-state index >= 15 is 0 Å². The molecule has 0 saturated carbocycles. The summed E-state index contributed by atoms with van der Waals surface area (Å²) < 4.78 is 0. The molecular formula is C16H28N4O. The maximum Gasteiger partial charge on any atom is 0.171 e. The van der Waals surface area contributed by atoms with Gasteiger partial charge in [-0.2, -0.15) is 0 Å². The van der Waals surface area contributed by atoms with Crippen LogP contribution in [0.2, 0.25) is 0 Å². The van der Waals surface area contributed by atoms with Crippen molar-refractivity contribution in [2.75, 3.05) is 37.0 Å². The van der Waals surface area contributed by atoms with Crippen molar-refractivity contribution in [1.82, 2.24) is 9.97 Å². The number of nitrogens with zero attached hydrogens (tertiary/aromatic N) is 4. The lowest BCUT2D eigenvalue weighted by Crippen LogP contribution is -2.39. The van der Waals surface area contributed by atoms with Crippen LogP contribution in [0.1, 0.15) is 33.1 Å². The summed E-state index contributed by atoms with van der Waals surface area (Å²) in [5, 5.41) is 10.3. The van der Waals surface area contributed by atoms with Gasteiger partial charge in [-0.05, 0) is 31.1 Å². The van der Waals surface area contributed by atoms with Gasteiger partial charge in [-0.15, -0.1) is 0 Å². The highest BCUT2D eigenvalue weighted by Gasteiger charge is 2.27. The van der Waals surface area contributed by atoms with Gasteiger partial charge in [0.2, 0.25) is 0 Å². The van der Waals surface area contributed by atoms with Crippen LogP contribution in [0.3, 0.4) is 0 Å². The molecule has 2 heterocycles. The zero-order valence-electron chi connectivity index (χ0n) is 13.7. The van der Waals surface area contributed by atoms with Crippen LogP contribution in [0, 0.1) is 11.8 Å². The van der Waals surface area contributed by atoms with Gasteiger partial charge < -0.3 is 14.9 Å². The van der Waals surface area contributed by atoms with Crippen LogP contribution in [0.4, 0.5) is 11.6 Å². The first-order chi connectivity index (χ1) is 9.99. The molecule has 0 aromatic carbocycles. The highest BCUT2D eigenvalue weighted by atomic mass is 16.3. The minimum atomic E-state index is -0.165. The van der Waals surface area contributed by atoms with Gasteiger partial charge in [0, 0.05) is 39.6 Å². The Bertz CT molecular complexity index is 442. The van der Waals surface area contributed by atoms with Gasteiger partial charge in [0.1, 0.15) is 0 Å². The smallest absolute Gasteiger partial charge is 0.171 e. The molecule has 5 heteroatoms. The molecule has 1 N–H and O–H groups in total. The fourth-order valence-electron chi connectivity index (χ4n) is 3.03. The number of aliphatic hydroxyl groups is 1. The lowest BCUT2D eigenvalue weighted by atomic mass is 9.87. The molecule has 0 amide bonds. The Morgan fingerprint density at radius 3 is 2.43 bits per heavy atom. The van der Waals surface area contributed by atoms with Crippen molar-refractivity contribution >= 4 is 11.6 Å². The van der Waals surface area contributed by atoms with Gasteiger partial charge in [-0.3, -0.25) is 0 Å². The molecule has 1 aromatic heterocycles. The third-order valence-electron chi connectivity index (χ3n) is 4.18. The van der Waals surface area contributed by atoms with E-state index in [0.29, 0.717) is 11.8 Å². The van der Waals surface area contributed by atoms with E-state index < -0.39 is 0 Å². The van der Waals surface area contributed by atoms with Gasteiger partial charge in [0.25, 0.3) is 0 Å². The molecule has 1 fully saturated rings. The first-order valence-electron chi connectivity index (χ1n) is 7.90. The normalized spacial score (nSPS) is 18.1. The fraction of sp³-hybridized carbons (Fsp3) is 0.750. The van der Waals surface area contributed by atoms with E-state index in [1.807, 2.05) is 19.0 Å². The minimum absolute atomic E-state index is 0.165. The second-order valence-corrected chi connectivity index (χ2v) is 6.62. The molecule has 0 unspecified atom stereocenters. The Morgan fingerprint density at radius 1 is 1.24 bits per heavy atom. The number of piperidine rings is 1. The molecule has 1 aliphatic heterocycles. The number of hydrogen-bond acceptors (Lipinski definition) is 5. The molecule has 118 valence electrons. The third-order valence-corrected chi connectivity index (χ3v) is 4.18. The monoisotopic (exact) mass is 292 g/mol.